The second-order valence-electron chi connectivity index (χ2n) is 5.60. The Bertz CT molecular complexity index is 599. The van der Waals surface area contributed by atoms with Gasteiger partial charge in [0.25, 0.3) is 0 Å². The van der Waals surface area contributed by atoms with Crippen LogP contribution in [0.5, 0.6) is 0 Å². The first-order valence-electron chi connectivity index (χ1n) is 7.44. The minimum Gasteiger partial charge on any atom is -0.478 e. The average Bonchev–Trinajstić information content (AvgIpc) is 3.05. The van der Waals surface area contributed by atoms with Crippen molar-refractivity contribution < 1.29 is 29.4 Å². The van der Waals surface area contributed by atoms with Gasteiger partial charge in [-0.15, -0.1) is 0 Å². The Balaban J connectivity index is 1.60. The molecule has 1 aromatic rings. The number of piperidine rings is 1. The summed E-state index contributed by atoms with van der Waals surface area (Å²) in [5, 5.41) is 10.1. The molecule has 0 saturated carbocycles. The van der Waals surface area contributed by atoms with Crippen LogP contribution < -0.4 is 5.23 Å². The van der Waals surface area contributed by atoms with Crippen molar-refractivity contribution in [1.29, 1.82) is 0 Å². The van der Waals surface area contributed by atoms with Crippen LogP contribution >= 0.6 is 0 Å². The van der Waals surface area contributed by atoms with Gasteiger partial charge in [-0.25, -0.2) is 9.63 Å². The number of benzene rings is 1. The number of rotatable bonds is 3. The summed E-state index contributed by atoms with van der Waals surface area (Å²) in [6, 6.07) is 6.19. The van der Waals surface area contributed by atoms with Gasteiger partial charge in [0, 0.05) is 25.9 Å². The van der Waals surface area contributed by atoms with E-state index in [0.29, 0.717) is 18.8 Å². The molecule has 8 nitrogen and oxygen atoms in total. The number of hydrogen-bond donors (Lipinski definition) is 1. The fourth-order valence-corrected chi connectivity index (χ4v) is 2.72. The van der Waals surface area contributed by atoms with Crippen molar-refractivity contribution in [3.8, 4) is 0 Å². The summed E-state index contributed by atoms with van der Waals surface area (Å²) in [5.74, 6) is -0.849. The highest BCUT2D eigenvalue weighted by atomic mass is 17.4. The van der Waals surface area contributed by atoms with Gasteiger partial charge in [0.2, 0.25) is 12.2 Å². The van der Waals surface area contributed by atoms with Crippen molar-refractivity contribution in [2.75, 3.05) is 18.3 Å². The molecule has 1 aromatic carbocycles. The lowest BCUT2D eigenvalue weighted by molar-refractivity contribution is -0.294. The average molecular weight is 322 g/mol. The zero-order valence-electron chi connectivity index (χ0n) is 12.7. The number of aromatic carboxylic acids is 1. The molecule has 2 heterocycles. The number of carbonyl (C=O) groups excluding carboxylic acids is 1. The van der Waals surface area contributed by atoms with Gasteiger partial charge in [0.15, 0.2) is 0 Å². The maximum absolute atomic E-state index is 11.3. The highest BCUT2D eigenvalue weighted by Gasteiger charge is 2.37. The van der Waals surface area contributed by atoms with Crippen molar-refractivity contribution in [3.63, 3.8) is 0 Å². The van der Waals surface area contributed by atoms with Crippen molar-refractivity contribution in [2.45, 2.75) is 26.1 Å². The first-order chi connectivity index (χ1) is 11.0. The van der Waals surface area contributed by atoms with E-state index >= 15 is 0 Å². The maximum atomic E-state index is 11.3. The summed E-state index contributed by atoms with van der Waals surface area (Å²) in [6.45, 7) is 2.89. The van der Waals surface area contributed by atoms with Crippen LogP contribution in [0, 0.1) is 5.92 Å². The number of carboxylic acid groups (broad SMARTS) is 1. The zero-order chi connectivity index (χ0) is 16.4. The van der Waals surface area contributed by atoms with E-state index in [9.17, 15) is 9.59 Å². The summed E-state index contributed by atoms with van der Waals surface area (Å²) < 4.78 is 0. The fourth-order valence-electron chi connectivity index (χ4n) is 2.72. The normalized spacial score (nSPS) is 22.4. The molecule has 0 radical (unpaired) electrons. The lowest BCUT2D eigenvalue weighted by Crippen LogP contribution is -2.40. The van der Waals surface area contributed by atoms with E-state index < -0.39 is 12.3 Å². The molecule has 0 aliphatic carbocycles. The topological polar surface area (TPSA) is 88.5 Å². The quantitative estimate of drug-likeness (QED) is 0.845. The number of carbonyl (C=O) groups is 2. The standard InChI is InChI=1S/C15H18N2O6/c1-10(18)16-7-5-11(6-8-16)15-21-17(23-22-15)13-4-2-3-12(9-13)14(19)20/h2-4,9,11,15H,5-8H2,1H3,(H,19,20). The van der Waals surface area contributed by atoms with Gasteiger partial charge < -0.3 is 10.0 Å². The Hall–Kier alpha value is -2.16. The number of nitrogens with zero attached hydrogens (tertiary/aromatic N) is 2. The molecular formula is C15H18N2O6. The largest absolute Gasteiger partial charge is 0.478 e. The molecule has 2 saturated heterocycles. The Morgan fingerprint density at radius 3 is 2.65 bits per heavy atom. The molecule has 2 aliphatic heterocycles. The molecule has 0 spiro atoms. The highest BCUT2D eigenvalue weighted by Crippen LogP contribution is 2.31. The summed E-state index contributed by atoms with van der Waals surface area (Å²) >= 11 is 0. The molecule has 1 amide bonds. The second-order valence-corrected chi connectivity index (χ2v) is 5.60. The van der Waals surface area contributed by atoms with Crippen LogP contribution in [0.2, 0.25) is 0 Å². The summed E-state index contributed by atoms with van der Waals surface area (Å²) in [7, 11) is 0. The van der Waals surface area contributed by atoms with E-state index in [0.717, 1.165) is 18.1 Å². The van der Waals surface area contributed by atoms with Gasteiger partial charge in [-0.2, -0.15) is 4.89 Å². The van der Waals surface area contributed by atoms with Crippen LogP contribution in [-0.4, -0.2) is 41.3 Å². The predicted molar refractivity (Wildman–Crippen MR) is 77.9 cm³/mol. The Morgan fingerprint density at radius 1 is 1.26 bits per heavy atom. The summed E-state index contributed by atoms with van der Waals surface area (Å²) in [6.07, 6.45) is 0.949. The van der Waals surface area contributed by atoms with Crippen LogP contribution in [0.3, 0.4) is 0 Å². The molecule has 1 unspecified atom stereocenters. The van der Waals surface area contributed by atoms with Crippen LogP contribution in [0.1, 0.15) is 30.1 Å². The van der Waals surface area contributed by atoms with Gasteiger partial charge >= 0.3 is 5.97 Å². The number of likely N-dealkylation sites (tertiary alicyclic amines) is 1. The Morgan fingerprint density at radius 2 is 2.00 bits per heavy atom. The van der Waals surface area contributed by atoms with Crippen LogP contribution in [0.15, 0.2) is 24.3 Å². The number of carboxylic acids is 1. The van der Waals surface area contributed by atoms with Crippen LogP contribution in [0.4, 0.5) is 5.69 Å². The molecule has 2 aliphatic rings. The first kappa shape index (κ1) is 15.7. The fraction of sp³-hybridized carbons (Fsp3) is 0.467. The minimum atomic E-state index is -1.03. The molecule has 8 heteroatoms. The van der Waals surface area contributed by atoms with Gasteiger partial charge in [-0.3, -0.25) is 4.79 Å². The third-order valence-electron chi connectivity index (χ3n) is 4.08. The zero-order valence-corrected chi connectivity index (χ0v) is 12.7. The molecule has 23 heavy (non-hydrogen) atoms. The maximum Gasteiger partial charge on any atom is 0.335 e. The first-order valence-corrected chi connectivity index (χ1v) is 7.44. The molecular weight excluding hydrogens is 304 g/mol. The van der Waals surface area contributed by atoms with Crippen molar-refractivity contribution >= 4 is 17.6 Å². The van der Waals surface area contributed by atoms with Gasteiger partial charge in [0.1, 0.15) is 0 Å². The van der Waals surface area contributed by atoms with Crippen molar-refractivity contribution in [2.24, 2.45) is 5.92 Å². The van der Waals surface area contributed by atoms with Gasteiger partial charge in [-0.1, -0.05) is 16.3 Å². The van der Waals surface area contributed by atoms with Gasteiger partial charge in [0.05, 0.1) is 11.3 Å². The van der Waals surface area contributed by atoms with Crippen LogP contribution in [-0.2, 0) is 19.5 Å². The van der Waals surface area contributed by atoms with E-state index in [1.54, 1.807) is 24.0 Å². The third kappa shape index (κ3) is 3.44. The summed E-state index contributed by atoms with van der Waals surface area (Å²) in [4.78, 5) is 40.0. The number of amides is 1. The lowest BCUT2D eigenvalue weighted by Gasteiger charge is -2.32. The SMILES string of the molecule is CC(=O)N1CCC(C2OON(c3cccc(C(=O)O)c3)O2)CC1. The number of hydrogen-bond acceptors (Lipinski definition) is 6. The van der Waals surface area contributed by atoms with Crippen molar-refractivity contribution in [3.05, 3.63) is 29.8 Å². The molecule has 3 rings (SSSR count). The molecule has 0 bridgehead atoms. The van der Waals surface area contributed by atoms with Crippen LogP contribution in [0.25, 0.3) is 0 Å². The number of anilines is 1. The Labute approximate surface area is 133 Å². The minimum absolute atomic E-state index is 0.0695. The van der Waals surface area contributed by atoms with E-state index in [4.69, 9.17) is 19.8 Å². The Kier molecular flexibility index (Phi) is 4.46. The lowest BCUT2D eigenvalue weighted by atomic mass is 9.96. The molecule has 2 fully saturated rings. The van der Waals surface area contributed by atoms with E-state index in [2.05, 4.69) is 0 Å². The smallest absolute Gasteiger partial charge is 0.335 e. The van der Waals surface area contributed by atoms with E-state index in [1.807, 2.05) is 0 Å². The highest BCUT2D eigenvalue weighted by molar-refractivity contribution is 5.88. The molecule has 124 valence electrons. The summed E-state index contributed by atoms with van der Waals surface area (Å²) in [5.41, 5.74) is 0.571. The van der Waals surface area contributed by atoms with E-state index in [1.165, 1.54) is 12.1 Å². The monoisotopic (exact) mass is 322 g/mol. The molecule has 0 aromatic heterocycles. The van der Waals surface area contributed by atoms with Crippen molar-refractivity contribution in [1.82, 2.24) is 4.90 Å². The molecule has 1 N–H and O–H groups in total. The molecule has 1 atom stereocenters. The van der Waals surface area contributed by atoms with Gasteiger partial charge in [-0.05, 0) is 31.0 Å². The second kappa shape index (κ2) is 6.53. The van der Waals surface area contributed by atoms with E-state index in [-0.39, 0.29) is 17.4 Å². The predicted octanol–water partition coefficient (Wildman–Crippen LogP) is 1.58. The third-order valence-corrected chi connectivity index (χ3v) is 4.08.